The zero-order chi connectivity index (χ0) is 12.0. The number of hydrogen-bond donors (Lipinski definition) is 1. The minimum atomic E-state index is -0.742. The van der Waals surface area contributed by atoms with Gasteiger partial charge in [-0.2, -0.15) is 0 Å². The van der Waals surface area contributed by atoms with Gasteiger partial charge in [-0.3, -0.25) is 4.79 Å². The highest BCUT2D eigenvalue weighted by atomic mass is 16.7. The highest BCUT2D eigenvalue weighted by molar-refractivity contribution is 5.66. The van der Waals surface area contributed by atoms with Gasteiger partial charge in [-0.1, -0.05) is 19.4 Å². The predicted octanol–water partition coefficient (Wildman–Crippen LogP) is 2.20. The Kier molecular flexibility index (Phi) is 4.96. The Bertz CT molecular complexity index is 245. The molecule has 1 heterocycles. The second-order valence-electron chi connectivity index (χ2n) is 4.38. The molecule has 0 aromatic heterocycles. The summed E-state index contributed by atoms with van der Waals surface area (Å²) in [6.45, 7) is 7.11. The van der Waals surface area contributed by atoms with E-state index in [2.05, 4.69) is 6.58 Å². The largest absolute Gasteiger partial charge is 0.481 e. The molecule has 1 saturated heterocycles. The molecule has 1 fully saturated rings. The van der Waals surface area contributed by atoms with Crippen LogP contribution in [0.5, 0.6) is 0 Å². The normalized spacial score (nSPS) is 20.6. The Hall–Kier alpha value is -0.870. The molecular weight excluding hydrogens is 208 g/mol. The first-order valence-corrected chi connectivity index (χ1v) is 5.67. The first-order chi connectivity index (χ1) is 7.58. The van der Waals surface area contributed by atoms with Crippen LogP contribution in [0.3, 0.4) is 0 Å². The van der Waals surface area contributed by atoms with Gasteiger partial charge in [0.2, 0.25) is 0 Å². The molecule has 0 spiro atoms. The fourth-order valence-corrected chi connectivity index (χ4v) is 1.84. The van der Waals surface area contributed by atoms with Crippen molar-refractivity contribution in [1.82, 2.24) is 0 Å². The molecule has 92 valence electrons. The van der Waals surface area contributed by atoms with Gasteiger partial charge in [-0.05, 0) is 12.8 Å². The van der Waals surface area contributed by atoms with E-state index < -0.39 is 5.97 Å². The second-order valence-corrected chi connectivity index (χ2v) is 4.38. The van der Waals surface area contributed by atoms with Crippen LogP contribution in [0.25, 0.3) is 0 Å². The average Bonchev–Trinajstić information content (AvgIpc) is 2.77. The molecule has 0 aromatic carbocycles. The highest BCUT2D eigenvalue weighted by Gasteiger charge is 2.35. The van der Waals surface area contributed by atoms with Crippen molar-refractivity contribution in [3.8, 4) is 0 Å². The van der Waals surface area contributed by atoms with E-state index in [4.69, 9.17) is 14.6 Å². The molecule has 1 rings (SSSR count). The third-order valence-corrected chi connectivity index (χ3v) is 2.98. The SMILES string of the molecule is C=C[C@](C)(CCCCC(=O)O)C1OCCO1. The average molecular weight is 228 g/mol. The van der Waals surface area contributed by atoms with E-state index in [9.17, 15) is 4.79 Å². The number of unbranched alkanes of at least 4 members (excludes halogenated alkanes) is 1. The zero-order valence-corrected chi connectivity index (χ0v) is 9.78. The van der Waals surface area contributed by atoms with Crippen LogP contribution < -0.4 is 0 Å². The van der Waals surface area contributed by atoms with Crippen molar-refractivity contribution >= 4 is 5.97 Å². The van der Waals surface area contributed by atoms with Crippen LogP contribution in [0.2, 0.25) is 0 Å². The third-order valence-electron chi connectivity index (χ3n) is 2.98. The molecule has 1 atom stereocenters. The number of aliphatic carboxylic acids is 1. The number of hydrogen-bond acceptors (Lipinski definition) is 3. The molecule has 0 radical (unpaired) electrons. The fourth-order valence-electron chi connectivity index (χ4n) is 1.84. The van der Waals surface area contributed by atoms with Crippen LogP contribution in [0, 0.1) is 5.41 Å². The van der Waals surface area contributed by atoms with E-state index in [1.807, 2.05) is 13.0 Å². The Morgan fingerprint density at radius 1 is 1.50 bits per heavy atom. The summed E-state index contributed by atoms with van der Waals surface area (Å²) >= 11 is 0. The highest BCUT2D eigenvalue weighted by Crippen LogP contribution is 2.34. The second kappa shape index (κ2) is 6.01. The van der Waals surface area contributed by atoms with Gasteiger partial charge in [0.1, 0.15) is 0 Å². The fraction of sp³-hybridized carbons (Fsp3) is 0.750. The summed E-state index contributed by atoms with van der Waals surface area (Å²) in [5.41, 5.74) is -0.213. The lowest BCUT2D eigenvalue weighted by atomic mass is 9.84. The summed E-state index contributed by atoms with van der Waals surface area (Å²) in [5.74, 6) is -0.742. The zero-order valence-electron chi connectivity index (χ0n) is 9.78. The summed E-state index contributed by atoms with van der Waals surface area (Å²) in [6.07, 6.45) is 4.22. The Balaban J connectivity index is 2.34. The molecule has 4 heteroatoms. The quantitative estimate of drug-likeness (QED) is 0.536. The van der Waals surface area contributed by atoms with Crippen molar-refractivity contribution in [3.63, 3.8) is 0 Å². The van der Waals surface area contributed by atoms with Gasteiger partial charge in [-0.25, -0.2) is 0 Å². The van der Waals surface area contributed by atoms with Crippen LogP contribution in [0.4, 0.5) is 0 Å². The van der Waals surface area contributed by atoms with E-state index in [0.717, 1.165) is 12.8 Å². The third kappa shape index (κ3) is 3.61. The molecule has 0 aromatic rings. The minimum absolute atomic E-state index is 0.213. The standard InChI is InChI=1S/C12H20O4/c1-3-12(2,11-15-8-9-16-11)7-5-4-6-10(13)14/h3,11H,1,4-9H2,2H3,(H,13,14)/t12-/m1/s1. The molecule has 0 aliphatic carbocycles. The van der Waals surface area contributed by atoms with Crippen molar-refractivity contribution in [2.75, 3.05) is 13.2 Å². The molecule has 1 aliphatic rings. The molecule has 4 nitrogen and oxygen atoms in total. The van der Waals surface area contributed by atoms with Gasteiger partial charge in [-0.15, -0.1) is 6.58 Å². The molecule has 0 bridgehead atoms. The Morgan fingerprint density at radius 2 is 2.12 bits per heavy atom. The summed E-state index contributed by atoms with van der Waals surface area (Å²) in [4.78, 5) is 10.4. The summed E-state index contributed by atoms with van der Waals surface area (Å²) in [6, 6.07) is 0. The Labute approximate surface area is 96.2 Å². The molecule has 0 amide bonds. The van der Waals surface area contributed by atoms with Gasteiger partial charge in [0.15, 0.2) is 6.29 Å². The first-order valence-electron chi connectivity index (χ1n) is 5.67. The molecule has 16 heavy (non-hydrogen) atoms. The maximum Gasteiger partial charge on any atom is 0.303 e. The smallest absolute Gasteiger partial charge is 0.303 e. The number of carbonyl (C=O) groups is 1. The van der Waals surface area contributed by atoms with E-state index >= 15 is 0 Å². The summed E-state index contributed by atoms with van der Waals surface area (Å²) < 4.78 is 11.0. The van der Waals surface area contributed by atoms with Crippen LogP contribution in [-0.4, -0.2) is 30.6 Å². The van der Waals surface area contributed by atoms with E-state index in [1.54, 1.807) is 0 Å². The van der Waals surface area contributed by atoms with Crippen LogP contribution in [0.15, 0.2) is 12.7 Å². The lowest BCUT2D eigenvalue weighted by molar-refractivity contribution is -0.137. The monoisotopic (exact) mass is 228 g/mol. The van der Waals surface area contributed by atoms with E-state index in [-0.39, 0.29) is 18.1 Å². The maximum atomic E-state index is 10.4. The first kappa shape index (κ1) is 13.2. The number of carboxylic acids is 1. The minimum Gasteiger partial charge on any atom is -0.481 e. The molecular formula is C12H20O4. The van der Waals surface area contributed by atoms with Crippen molar-refractivity contribution in [2.24, 2.45) is 5.41 Å². The number of carboxylic acid groups (broad SMARTS) is 1. The van der Waals surface area contributed by atoms with Gasteiger partial charge >= 0.3 is 5.97 Å². The van der Waals surface area contributed by atoms with E-state index in [1.165, 1.54) is 0 Å². The van der Waals surface area contributed by atoms with Crippen molar-refractivity contribution in [1.29, 1.82) is 0 Å². The molecule has 0 saturated carbocycles. The topological polar surface area (TPSA) is 55.8 Å². The van der Waals surface area contributed by atoms with E-state index in [0.29, 0.717) is 19.6 Å². The van der Waals surface area contributed by atoms with Crippen molar-refractivity contribution in [3.05, 3.63) is 12.7 Å². The predicted molar refractivity (Wildman–Crippen MR) is 60.1 cm³/mol. The molecule has 1 N–H and O–H groups in total. The van der Waals surface area contributed by atoms with Crippen molar-refractivity contribution in [2.45, 2.75) is 38.9 Å². The molecule has 0 unspecified atom stereocenters. The summed E-state index contributed by atoms with van der Waals surface area (Å²) in [5, 5.41) is 8.54. The molecule has 1 aliphatic heterocycles. The van der Waals surface area contributed by atoms with Gasteiger partial charge in [0.05, 0.1) is 13.2 Å². The lowest BCUT2D eigenvalue weighted by Gasteiger charge is -2.30. The number of ether oxygens (including phenoxy) is 2. The number of rotatable bonds is 7. The Morgan fingerprint density at radius 3 is 2.62 bits per heavy atom. The van der Waals surface area contributed by atoms with Crippen LogP contribution in [-0.2, 0) is 14.3 Å². The summed E-state index contributed by atoms with van der Waals surface area (Å²) in [7, 11) is 0. The van der Waals surface area contributed by atoms with Gasteiger partial charge in [0.25, 0.3) is 0 Å². The lowest BCUT2D eigenvalue weighted by Crippen LogP contribution is -2.31. The maximum absolute atomic E-state index is 10.4. The van der Waals surface area contributed by atoms with Crippen molar-refractivity contribution < 1.29 is 19.4 Å². The van der Waals surface area contributed by atoms with Crippen LogP contribution in [0.1, 0.15) is 32.6 Å². The van der Waals surface area contributed by atoms with Gasteiger partial charge < -0.3 is 14.6 Å². The van der Waals surface area contributed by atoms with Crippen LogP contribution >= 0.6 is 0 Å². The van der Waals surface area contributed by atoms with Gasteiger partial charge in [0, 0.05) is 11.8 Å².